The van der Waals surface area contributed by atoms with Gasteiger partial charge in [-0.05, 0) is 36.5 Å². The number of nitro benzene ring substituents is 1. The van der Waals surface area contributed by atoms with Gasteiger partial charge in [0.2, 0.25) is 0 Å². The summed E-state index contributed by atoms with van der Waals surface area (Å²) in [4.78, 5) is 10.8. The quantitative estimate of drug-likeness (QED) is 0.487. The number of allylic oxidation sites excluding steroid dienone is 2. The van der Waals surface area contributed by atoms with Crippen molar-refractivity contribution in [3.05, 3.63) is 81.2 Å². The molecule has 0 saturated heterocycles. The predicted molar refractivity (Wildman–Crippen MR) is 90.6 cm³/mol. The van der Waals surface area contributed by atoms with Gasteiger partial charge in [0.15, 0.2) is 0 Å². The number of benzene rings is 2. The summed E-state index contributed by atoms with van der Waals surface area (Å²) < 4.78 is 14.3. The molecule has 0 radical (unpaired) electrons. The third-order valence-corrected chi connectivity index (χ3v) is 5.10. The van der Waals surface area contributed by atoms with Gasteiger partial charge in [-0.1, -0.05) is 30.4 Å². The molecule has 4 nitrogen and oxygen atoms in total. The van der Waals surface area contributed by atoms with Crippen LogP contribution in [0.1, 0.15) is 35.1 Å². The first kappa shape index (κ1) is 14.9. The van der Waals surface area contributed by atoms with Gasteiger partial charge in [-0.15, -0.1) is 0 Å². The largest absolute Gasteiger partial charge is 0.377 e. The number of halogens is 1. The highest BCUT2D eigenvalue weighted by Gasteiger charge is 2.40. The number of rotatable bonds is 2. The highest BCUT2D eigenvalue weighted by molar-refractivity contribution is 5.67. The number of nitrogens with zero attached hydrogens (tertiary/aromatic N) is 1. The Labute approximate surface area is 139 Å². The molecule has 0 bridgehead atoms. The number of anilines is 1. The second-order valence-corrected chi connectivity index (χ2v) is 6.48. The monoisotopic (exact) mass is 324 g/mol. The number of hydrogen-bond donors (Lipinski definition) is 1. The van der Waals surface area contributed by atoms with Crippen LogP contribution in [0.4, 0.5) is 15.8 Å². The van der Waals surface area contributed by atoms with E-state index in [4.69, 9.17) is 0 Å². The number of fused-ring (bicyclic) bond motifs is 3. The van der Waals surface area contributed by atoms with Crippen LogP contribution < -0.4 is 5.32 Å². The van der Waals surface area contributed by atoms with Crippen molar-refractivity contribution in [1.29, 1.82) is 0 Å². The zero-order chi connectivity index (χ0) is 16.8. The summed E-state index contributed by atoms with van der Waals surface area (Å²) in [6, 6.07) is 9.91. The molecule has 0 unspecified atom stereocenters. The van der Waals surface area contributed by atoms with Crippen LogP contribution in [0.25, 0.3) is 0 Å². The van der Waals surface area contributed by atoms with Gasteiger partial charge in [-0.2, -0.15) is 0 Å². The lowest BCUT2D eigenvalue weighted by Crippen LogP contribution is -2.30. The molecular formula is C19H17FN2O2. The molecule has 122 valence electrons. The maximum atomic E-state index is 14.3. The Hall–Kier alpha value is -2.69. The van der Waals surface area contributed by atoms with E-state index in [-0.39, 0.29) is 34.3 Å². The van der Waals surface area contributed by atoms with E-state index in [1.165, 1.54) is 6.07 Å². The minimum atomic E-state index is -0.357. The molecule has 24 heavy (non-hydrogen) atoms. The minimum absolute atomic E-state index is 0.0736. The van der Waals surface area contributed by atoms with Crippen molar-refractivity contribution in [2.75, 3.05) is 5.32 Å². The minimum Gasteiger partial charge on any atom is -0.377 e. The third kappa shape index (κ3) is 2.19. The van der Waals surface area contributed by atoms with Gasteiger partial charge < -0.3 is 5.32 Å². The molecule has 0 fully saturated rings. The van der Waals surface area contributed by atoms with Crippen molar-refractivity contribution >= 4 is 11.4 Å². The van der Waals surface area contributed by atoms with Crippen molar-refractivity contribution in [3.63, 3.8) is 0 Å². The van der Waals surface area contributed by atoms with E-state index in [9.17, 15) is 14.5 Å². The average molecular weight is 324 g/mol. The number of hydrogen-bond acceptors (Lipinski definition) is 3. The first-order chi connectivity index (χ1) is 11.6. The van der Waals surface area contributed by atoms with E-state index in [1.807, 2.05) is 19.1 Å². The normalized spacial score (nSPS) is 24.2. The SMILES string of the molecule is Cc1cc([N+](=O)[O-])cc2c1N[C@H](c1ccccc1F)[C@H]1CC=C[C@@H]21. The summed E-state index contributed by atoms with van der Waals surface area (Å²) in [6.45, 7) is 1.86. The topological polar surface area (TPSA) is 55.2 Å². The lowest BCUT2D eigenvalue weighted by atomic mass is 9.76. The maximum absolute atomic E-state index is 14.3. The highest BCUT2D eigenvalue weighted by Crippen LogP contribution is 2.51. The molecule has 4 rings (SSSR count). The molecule has 1 N–H and O–H groups in total. The zero-order valence-corrected chi connectivity index (χ0v) is 13.2. The molecule has 1 heterocycles. The Bertz CT molecular complexity index is 862. The lowest BCUT2D eigenvalue weighted by Gasteiger charge is -2.38. The summed E-state index contributed by atoms with van der Waals surface area (Å²) in [6.07, 6.45) is 5.02. The van der Waals surface area contributed by atoms with Crippen molar-refractivity contribution in [3.8, 4) is 0 Å². The highest BCUT2D eigenvalue weighted by atomic mass is 19.1. The van der Waals surface area contributed by atoms with E-state index in [1.54, 1.807) is 18.2 Å². The molecule has 3 atom stereocenters. The van der Waals surface area contributed by atoms with Crippen molar-refractivity contribution < 1.29 is 9.31 Å². The van der Waals surface area contributed by atoms with Gasteiger partial charge in [0, 0.05) is 29.3 Å². The van der Waals surface area contributed by atoms with Crippen LogP contribution in [0.2, 0.25) is 0 Å². The summed E-state index contributed by atoms with van der Waals surface area (Å²) in [5.74, 6) is 0.0175. The maximum Gasteiger partial charge on any atom is 0.270 e. The molecule has 2 aromatic rings. The van der Waals surface area contributed by atoms with Gasteiger partial charge in [0.25, 0.3) is 5.69 Å². The van der Waals surface area contributed by atoms with E-state index in [0.717, 1.165) is 23.2 Å². The summed E-state index contributed by atoms with van der Waals surface area (Å²) in [7, 11) is 0. The van der Waals surface area contributed by atoms with Crippen molar-refractivity contribution in [2.45, 2.75) is 25.3 Å². The molecule has 2 aromatic carbocycles. The van der Waals surface area contributed by atoms with Crippen LogP contribution >= 0.6 is 0 Å². The smallest absolute Gasteiger partial charge is 0.270 e. The van der Waals surface area contributed by atoms with E-state index >= 15 is 0 Å². The molecule has 2 aliphatic rings. The van der Waals surface area contributed by atoms with E-state index in [0.29, 0.717) is 5.56 Å². The first-order valence-electron chi connectivity index (χ1n) is 8.03. The molecule has 0 saturated carbocycles. The van der Waals surface area contributed by atoms with Crippen LogP contribution in [0.15, 0.2) is 48.6 Å². The fraction of sp³-hybridized carbons (Fsp3) is 0.263. The number of nitro groups is 1. The molecule has 0 aromatic heterocycles. The van der Waals surface area contributed by atoms with Crippen molar-refractivity contribution in [1.82, 2.24) is 0 Å². The van der Waals surface area contributed by atoms with Crippen LogP contribution in [-0.2, 0) is 0 Å². The van der Waals surface area contributed by atoms with Crippen LogP contribution in [0.5, 0.6) is 0 Å². The van der Waals surface area contributed by atoms with Crippen molar-refractivity contribution in [2.24, 2.45) is 5.92 Å². The second-order valence-electron chi connectivity index (χ2n) is 6.48. The Morgan fingerprint density at radius 3 is 2.79 bits per heavy atom. The Balaban J connectivity index is 1.85. The number of nitrogens with one attached hydrogen (secondary N) is 1. The number of aryl methyl sites for hydroxylation is 1. The summed E-state index contributed by atoms with van der Waals surface area (Å²) in [5.41, 5.74) is 3.41. The lowest BCUT2D eigenvalue weighted by molar-refractivity contribution is -0.385. The van der Waals surface area contributed by atoms with Gasteiger partial charge in [-0.3, -0.25) is 10.1 Å². The molecule has 0 amide bonds. The molecular weight excluding hydrogens is 307 g/mol. The summed E-state index contributed by atoms with van der Waals surface area (Å²) in [5, 5.41) is 14.6. The third-order valence-electron chi connectivity index (χ3n) is 5.10. The molecule has 1 aliphatic carbocycles. The van der Waals surface area contributed by atoms with Crippen LogP contribution in [0.3, 0.4) is 0 Å². The zero-order valence-electron chi connectivity index (χ0n) is 13.2. The molecule has 1 aliphatic heterocycles. The molecule has 0 spiro atoms. The van der Waals surface area contributed by atoms with Gasteiger partial charge in [-0.25, -0.2) is 4.39 Å². The van der Waals surface area contributed by atoms with Gasteiger partial charge in [0.1, 0.15) is 5.82 Å². The van der Waals surface area contributed by atoms with Gasteiger partial charge in [0.05, 0.1) is 11.0 Å². The standard InChI is InChI=1S/C19H17FN2O2/c1-11-9-12(22(23)24)10-16-13-6-4-7-14(13)19(21-18(11)16)15-5-2-3-8-17(15)20/h2-6,8-10,13-14,19,21H,7H2,1H3/t13-,14+,19+/m1/s1. The van der Waals surface area contributed by atoms with E-state index in [2.05, 4.69) is 17.5 Å². The first-order valence-corrected chi connectivity index (χ1v) is 8.03. The Morgan fingerprint density at radius 2 is 2.04 bits per heavy atom. The van der Waals surface area contributed by atoms with E-state index < -0.39 is 0 Å². The number of non-ortho nitro benzene ring substituents is 1. The molecule has 5 heteroatoms. The Morgan fingerprint density at radius 1 is 1.25 bits per heavy atom. The van der Waals surface area contributed by atoms with Gasteiger partial charge >= 0.3 is 0 Å². The fourth-order valence-corrected chi connectivity index (χ4v) is 4.01. The predicted octanol–water partition coefficient (Wildman–Crippen LogP) is 4.87. The second kappa shape index (κ2) is 5.44. The summed E-state index contributed by atoms with van der Waals surface area (Å²) >= 11 is 0. The van der Waals surface area contributed by atoms with Crippen LogP contribution in [-0.4, -0.2) is 4.92 Å². The fourth-order valence-electron chi connectivity index (χ4n) is 4.01. The Kier molecular flexibility index (Phi) is 3.37. The van der Waals surface area contributed by atoms with Crippen LogP contribution in [0, 0.1) is 28.8 Å². The average Bonchev–Trinajstić information content (AvgIpc) is 3.05.